The third kappa shape index (κ3) is 4.35. The Morgan fingerprint density at radius 3 is 2.55 bits per heavy atom. The van der Waals surface area contributed by atoms with Crippen LogP contribution in [0.2, 0.25) is 0 Å². The number of hydrogen-bond acceptors (Lipinski definition) is 4. The van der Waals surface area contributed by atoms with Crippen molar-refractivity contribution >= 4 is 22.7 Å². The van der Waals surface area contributed by atoms with Crippen molar-refractivity contribution in [3.8, 4) is 0 Å². The number of amides is 1. The van der Waals surface area contributed by atoms with Gasteiger partial charge in [0.2, 0.25) is 5.91 Å². The fourth-order valence-electron chi connectivity index (χ4n) is 5.50. The van der Waals surface area contributed by atoms with E-state index in [1.807, 2.05) is 18.6 Å². The van der Waals surface area contributed by atoms with E-state index in [9.17, 15) is 9.90 Å². The predicted octanol–water partition coefficient (Wildman–Crippen LogP) is 4.96. The lowest BCUT2D eigenvalue weighted by Crippen LogP contribution is -2.32. The van der Waals surface area contributed by atoms with Gasteiger partial charge in [0, 0.05) is 24.0 Å². The minimum atomic E-state index is -0.418. The first kappa shape index (κ1) is 21.6. The molecule has 33 heavy (non-hydrogen) atoms. The van der Waals surface area contributed by atoms with Crippen molar-refractivity contribution in [3.63, 3.8) is 0 Å². The lowest BCUT2D eigenvalue weighted by molar-refractivity contribution is -0.121. The van der Waals surface area contributed by atoms with Gasteiger partial charge in [0.1, 0.15) is 0 Å². The maximum atomic E-state index is 12.7. The van der Waals surface area contributed by atoms with E-state index in [1.165, 1.54) is 16.7 Å². The van der Waals surface area contributed by atoms with Crippen LogP contribution in [-0.2, 0) is 4.79 Å². The van der Waals surface area contributed by atoms with Crippen molar-refractivity contribution in [3.05, 3.63) is 78.6 Å². The van der Waals surface area contributed by atoms with E-state index in [2.05, 4.69) is 51.0 Å². The maximum absolute atomic E-state index is 12.7. The highest BCUT2D eigenvalue weighted by atomic mass is 16.3. The number of carbonyl (C=O) groups excluding carboxylic acids is 1. The molecular formula is C27H30N4O2. The van der Waals surface area contributed by atoms with E-state index >= 15 is 0 Å². The molecule has 1 saturated carbocycles. The van der Waals surface area contributed by atoms with Gasteiger partial charge in [-0.05, 0) is 73.8 Å². The van der Waals surface area contributed by atoms with Crippen molar-refractivity contribution in [2.24, 2.45) is 11.8 Å². The molecule has 1 amide bonds. The Kier molecular flexibility index (Phi) is 6.09. The van der Waals surface area contributed by atoms with Crippen molar-refractivity contribution in [1.82, 2.24) is 14.5 Å². The van der Waals surface area contributed by atoms with Crippen molar-refractivity contribution < 1.29 is 9.90 Å². The van der Waals surface area contributed by atoms with Crippen molar-refractivity contribution in [2.45, 2.75) is 51.2 Å². The summed E-state index contributed by atoms with van der Waals surface area (Å²) in [4.78, 5) is 21.0. The van der Waals surface area contributed by atoms with Gasteiger partial charge in [-0.3, -0.25) is 9.78 Å². The predicted molar refractivity (Wildman–Crippen MR) is 129 cm³/mol. The molecule has 0 radical (unpaired) electrons. The lowest BCUT2D eigenvalue weighted by Gasteiger charge is -2.32. The molecular weight excluding hydrogens is 412 g/mol. The second kappa shape index (κ2) is 9.32. The van der Waals surface area contributed by atoms with Crippen LogP contribution in [0.4, 0.5) is 5.69 Å². The largest absolute Gasteiger partial charge is 0.393 e. The summed E-state index contributed by atoms with van der Waals surface area (Å²) >= 11 is 0. The Morgan fingerprint density at radius 2 is 1.82 bits per heavy atom. The number of aliphatic hydroxyl groups is 1. The molecule has 1 aromatic carbocycles. The first-order valence-corrected chi connectivity index (χ1v) is 11.8. The number of allylic oxidation sites excluding steroid dienone is 2. The second-order valence-electron chi connectivity index (χ2n) is 9.25. The van der Waals surface area contributed by atoms with Gasteiger partial charge in [0.25, 0.3) is 0 Å². The Balaban J connectivity index is 1.24. The van der Waals surface area contributed by atoms with Crippen LogP contribution in [0.3, 0.4) is 0 Å². The number of anilines is 1. The highest BCUT2D eigenvalue weighted by Gasteiger charge is 2.35. The van der Waals surface area contributed by atoms with Gasteiger partial charge in [-0.25, -0.2) is 4.98 Å². The average molecular weight is 443 g/mol. The second-order valence-corrected chi connectivity index (χ2v) is 9.25. The molecule has 1 aliphatic heterocycles. The summed E-state index contributed by atoms with van der Waals surface area (Å²) < 4.78 is 2.20. The molecule has 1 aliphatic carbocycles. The molecule has 2 aromatic heterocycles. The highest BCUT2D eigenvalue weighted by Crippen LogP contribution is 2.45. The molecule has 3 aromatic rings. The minimum absolute atomic E-state index is 0.00429. The van der Waals surface area contributed by atoms with Crippen LogP contribution in [0.25, 0.3) is 11.1 Å². The molecule has 1 unspecified atom stereocenters. The van der Waals surface area contributed by atoms with E-state index in [-0.39, 0.29) is 23.8 Å². The molecule has 0 spiro atoms. The summed E-state index contributed by atoms with van der Waals surface area (Å²) in [6.07, 6.45) is 10.7. The Morgan fingerprint density at radius 1 is 1.09 bits per heavy atom. The SMILES string of the molecule is CC1=C(c2ccccc2)C(C[C@H](O)C2CCC(C(=O)Nc3ccncc3)CC2)n2cncc21. The number of benzene rings is 1. The quantitative estimate of drug-likeness (QED) is 0.565. The van der Waals surface area contributed by atoms with E-state index in [0.717, 1.165) is 37.1 Å². The molecule has 5 rings (SSSR count). The Bertz CT molecular complexity index is 1130. The standard InChI is InChI=1S/C27H30N4O2/c1-18-24-16-29-17-31(24)23(26(18)20-5-3-2-4-6-20)15-25(32)19-7-9-21(10-8-19)27(33)30-22-11-13-28-14-12-22/h2-6,11-14,16-17,19,21,23,25,32H,7-10,15H2,1H3,(H,28,30,33)/t19?,21?,23?,25-/m0/s1. The zero-order valence-electron chi connectivity index (χ0n) is 18.9. The summed E-state index contributed by atoms with van der Waals surface area (Å²) in [6, 6.07) is 14.1. The monoisotopic (exact) mass is 442 g/mol. The molecule has 6 nitrogen and oxygen atoms in total. The summed E-state index contributed by atoms with van der Waals surface area (Å²) in [5.74, 6) is 0.271. The fourth-order valence-corrected chi connectivity index (χ4v) is 5.50. The molecule has 6 heteroatoms. The number of aliphatic hydroxyl groups excluding tert-OH is 1. The molecule has 2 atom stereocenters. The number of nitrogens with one attached hydrogen (secondary N) is 1. The van der Waals surface area contributed by atoms with Crippen molar-refractivity contribution in [2.75, 3.05) is 5.32 Å². The van der Waals surface area contributed by atoms with Gasteiger partial charge in [-0.1, -0.05) is 30.3 Å². The van der Waals surface area contributed by atoms with E-state index in [0.29, 0.717) is 6.42 Å². The number of nitrogens with zero attached hydrogens (tertiary/aromatic N) is 3. The molecule has 2 aliphatic rings. The third-order valence-corrected chi connectivity index (χ3v) is 7.31. The summed E-state index contributed by atoms with van der Waals surface area (Å²) in [5, 5.41) is 14.2. The Hall–Kier alpha value is -3.25. The third-order valence-electron chi connectivity index (χ3n) is 7.31. The minimum Gasteiger partial charge on any atom is -0.393 e. The average Bonchev–Trinajstić information content (AvgIpc) is 3.43. The van der Waals surface area contributed by atoms with E-state index in [4.69, 9.17) is 0 Å². The zero-order valence-corrected chi connectivity index (χ0v) is 18.9. The van der Waals surface area contributed by atoms with Crippen LogP contribution in [0.15, 0.2) is 67.4 Å². The molecule has 0 bridgehead atoms. The zero-order chi connectivity index (χ0) is 22.8. The van der Waals surface area contributed by atoms with Gasteiger partial charge in [-0.2, -0.15) is 0 Å². The van der Waals surface area contributed by atoms with Gasteiger partial charge in [0.15, 0.2) is 0 Å². The topological polar surface area (TPSA) is 80.0 Å². The molecule has 3 heterocycles. The van der Waals surface area contributed by atoms with Gasteiger partial charge < -0.3 is 15.0 Å². The van der Waals surface area contributed by atoms with Crippen molar-refractivity contribution in [1.29, 1.82) is 0 Å². The number of aromatic nitrogens is 3. The van der Waals surface area contributed by atoms with Gasteiger partial charge in [0.05, 0.1) is 30.4 Å². The normalized spacial score (nSPS) is 23.3. The number of carbonyl (C=O) groups is 1. The van der Waals surface area contributed by atoms with E-state index < -0.39 is 6.10 Å². The van der Waals surface area contributed by atoms with Crippen LogP contribution in [0, 0.1) is 11.8 Å². The molecule has 1 fully saturated rings. The van der Waals surface area contributed by atoms with Gasteiger partial charge >= 0.3 is 0 Å². The van der Waals surface area contributed by atoms with Crippen LogP contribution in [0.1, 0.15) is 56.3 Å². The molecule has 0 saturated heterocycles. The van der Waals surface area contributed by atoms with Gasteiger partial charge in [-0.15, -0.1) is 0 Å². The number of fused-ring (bicyclic) bond motifs is 1. The Labute approximate surface area is 194 Å². The first-order valence-electron chi connectivity index (χ1n) is 11.8. The van der Waals surface area contributed by atoms with E-state index in [1.54, 1.807) is 24.5 Å². The first-order chi connectivity index (χ1) is 16.1. The summed E-state index contributed by atoms with van der Waals surface area (Å²) in [6.45, 7) is 2.15. The van der Waals surface area contributed by atoms with Crippen LogP contribution in [0.5, 0.6) is 0 Å². The molecule has 2 N–H and O–H groups in total. The molecule has 170 valence electrons. The number of pyridine rings is 1. The number of hydrogen-bond donors (Lipinski definition) is 2. The summed E-state index contributed by atoms with van der Waals surface area (Å²) in [5.41, 5.74) is 5.62. The van der Waals surface area contributed by atoms with Crippen LogP contribution < -0.4 is 5.32 Å². The number of imidazole rings is 1. The lowest BCUT2D eigenvalue weighted by atomic mass is 9.77. The number of rotatable bonds is 6. The smallest absolute Gasteiger partial charge is 0.227 e. The van der Waals surface area contributed by atoms with Crippen LogP contribution >= 0.6 is 0 Å². The highest BCUT2D eigenvalue weighted by molar-refractivity contribution is 5.94. The fraction of sp³-hybridized carbons (Fsp3) is 0.370. The summed E-state index contributed by atoms with van der Waals surface area (Å²) in [7, 11) is 0. The van der Waals surface area contributed by atoms with Crippen LogP contribution in [-0.4, -0.2) is 31.7 Å². The maximum Gasteiger partial charge on any atom is 0.227 e.